The number of ether oxygens (including phenoxy) is 3. The van der Waals surface area contributed by atoms with Crippen LogP contribution in [0, 0.1) is 0 Å². The zero-order valence-corrected chi connectivity index (χ0v) is 16.4. The molecule has 5 atom stereocenters. The number of carbonyl (C=O) groups is 1. The summed E-state index contributed by atoms with van der Waals surface area (Å²) in [5.41, 5.74) is 3.01. The fourth-order valence-electron chi connectivity index (χ4n) is 2.81. The average molecular weight is 432 g/mol. The first-order valence-electron chi connectivity index (χ1n) is 9.55. The summed E-state index contributed by atoms with van der Waals surface area (Å²) in [6.45, 7) is -0.713. The van der Waals surface area contributed by atoms with E-state index in [1.165, 1.54) is 6.21 Å². The molecule has 0 aromatic heterocycles. The minimum Gasteiger partial charge on any atom is -0.484 e. The van der Waals surface area contributed by atoms with Gasteiger partial charge in [0.05, 0.1) is 12.8 Å². The molecule has 0 spiro atoms. The molecule has 1 aliphatic heterocycles. The Kier molecular flexibility index (Phi) is 7.93. The Bertz CT molecular complexity index is 859. The zero-order chi connectivity index (χ0) is 22.2. The molecule has 2 aromatic carbocycles. The number of aliphatic hydroxyl groups excluding tert-OH is 4. The van der Waals surface area contributed by atoms with Crippen LogP contribution in [0.3, 0.4) is 0 Å². The summed E-state index contributed by atoms with van der Waals surface area (Å²) in [6, 6.07) is 15.4. The fourth-order valence-corrected chi connectivity index (χ4v) is 2.81. The predicted molar refractivity (Wildman–Crippen MR) is 109 cm³/mol. The molecule has 0 aliphatic carbocycles. The standard InChI is InChI=1S/C21H24N2O8/c24-11-16-18(26)19(27)20(28)21(31-16)30-15-8-6-13(7-9-15)10-22-23-17(25)12-29-14-4-2-1-3-5-14/h1-10,16,18-21,24,26-28H,11-12H2,(H,23,25)/b22-10-/t16-,18+,19+,20-,21-/m0/s1. The smallest absolute Gasteiger partial charge is 0.277 e. The van der Waals surface area contributed by atoms with Gasteiger partial charge in [0.2, 0.25) is 6.29 Å². The normalized spacial score (nSPS) is 25.9. The summed E-state index contributed by atoms with van der Waals surface area (Å²) in [5.74, 6) is 0.487. The Morgan fingerprint density at radius 2 is 1.71 bits per heavy atom. The van der Waals surface area contributed by atoms with Crippen molar-refractivity contribution in [1.29, 1.82) is 0 Å². The van der Waals surface area contributed by atoms with Crippen molar-refractivity contribution in [1.82, 2.24) is 5.43 Å². The van der Waals surface area contributed by atoms with Gasteiger partial charge in [0.25, 0.3) is 5.91 Å². The van der Waals surface area contributed by atoms with E-state index in [4.69, 9.17) is 14.2 Å². The van der Waals surface area contributed by atoms with E-state index in [0.29, 0.717) is 17.1 Å². The van der Waals surface area contributed by atoms with Gasteiger partial charge in [-0.3, -0.25) is 4.79 Å². The molecular weight excluding hydrogens is 408 g/mol. The highest BCUT2D eigenvalue weighted by Crippen LogP contribution is 2.24. The first-order valence-corrected chi connectivity index (χ1v) is 9.55. The minimum absolute atomic E-state index is 0.173. The van der Waals surface area contributed by atoms with Gasteiger partial charge in [-0.25, -0.2) is 5.43 Å². The van der Waals surface area contributed by atoms with Crippen molar-refractivity contribution in [3.8, 4) is 11.5 Å². The maximum absolute atomic E-state index is 11.8. The number of para-hydroxylation sites is 1. The van der Waals surface area contributed by atoms with E-state index in [0.717, 1.165) is 0 Å². The summed E-state index contributed by atoms with van der Waals surface area (Å²) in [7, 11) is 0. The highest BCUT2D eigenvalue weighted by molar-refractivity contribution is 5.83. The van der Waals surface area contributed by atoms with E-state index in [2.05, 4.69) is 10.5 Å². The molecule has 31 heavy (non-hydrogen) atoms. The van der Waals surface area contributed by atoms with Gasteiger partial charge < -0.3 is 34.6 Å². The highest BCUT2D eigenvalue weighted by atomic mass is 16.7. The molecule has 1 heterocycles. The number of hydrogen-bond donors (Lipinski definition) is 5. The molecule has 1 saturated heterocycles. The van der Waals surface area contributed by atoms with Crippen LogP contribution < -0.4 is 14.9 Å². The predicted octanol–water partition coefficient (Wildman–Crippen LogP) is -0.606. The SMILES string of the molecule is O=C(COc1ccccc1)N/N=C\c1ccc(O[C@H]2O[C@@H](CO)[C@@H](O)[C@@H](O)[C@@H]2O)cc1. The Balaban J connectivity index is 1.48. The highest BCUT2D eigenvalue weighted by Gasteiger charge is 2.44. The lowest BCUT2D eigenvalue weighted by Gasteiger charge is -2.39. The van der Waals surface area contributed by atoms with E-state index in [-0.39, 0.29) is 6.61 Å². The monoisotopic (exact) mass is 432 g/mol. The molecule has 3 rings (SSSR count). The van der Waals surface area contributed by atoms with Crippen LogP contribution in [0.25, 0.3) is 0 Å². The lowest BCUT2D eigenvalue weighted by atomic mass is 9.99. The van der Waals surface area contributed by atoms with Crippen molar-refractivity contribution >= 4 is 12.1 Å². The van der Waals surface area contributed by atoms with Crippen molar-refractivity contribution < 1.29 is 39.4 Å². The third-order valence-corrected chi connectivity index (χ3v) is 4.50. The average Bonchev–Trinajstić information content (AvgIpc) is 2.80. The first kappa shape index (κ1) is 22.7. The van der Waals surface area contributed by atoms with Crippen molar-refractivity contribution in [2.24, 2.45) is 5.10 Å². The van der Waals surface area contributed by atoms with Crippen molar-refractivity contribution in [3.63, 3.8) is 0 Å². The second-order valence-corrected chi connectivity index (χ2v) is 6.78. The molecule has 0 saturated carbocycles. The molecule has 2 aromatic rings. The van der Waals surface area contributed by atoms with E-state index in [1.807, 2.05) is 6.07 Å². The molecule has 0 unspecified atom stereocenters. The Labute approximate surface area is 178 Å². The molecule has 1 fully saturated rings. The van der Waals surface area contributed by atoms with Crippen LogP contribution in [0.5, 0.6) is 11.5 Å². The number of hydrazone groups is 1. The van der Waals surface area contributed by atoms with Crippen molar-refractivity contribution in [2.45, 2.75) is 30.7 Å². The molecule has 1 aliphatic rings. The van der Waals surface area contributed by atoms with Gasteiger partial charge in [-0.2, -0.15) is 5.10 Å². The van der Waals surface area contributed by atoms with E-state index < -0.39 is 43.2 Å². The summed E-state index contributed by atoms with van der Waals surface area (Å²) >= 11 is 0. The Morgan fingerprint density at radius 1 is 1.00 bits per heavy atom. The number of rotatable bonds is 8. The van der Waals surface area contributed by atoms with Crippen molar-refractivity contribution in [2.75, 3.05) is 13.2 Å². The lowest BCUT2D eigenvalue weighted by Crippen LogP contribution is -2.60. The lowest BCUT2D eigenvalue weighted by molar-refractivity contribution is -0.277. The number of amides is 1. The fraction of sp³-hybridized carbons (Fsp3) is 0.333. The largest absolute Gasteiger partial charge is 0.484 e. The number of hydrogen-bond acceptors (Lipinski definition) is 9. The van der Waals surface area contributed by atoms with Crippen LogP contribution in [0.1, 0.15) is 5.56 Å². The molecule has 1 amide bonds. The molecule has 0 bridgehead atoms. The van der Waals surface area contributed by atoms with Gasteiger partial charge in [-0.1, -0.05) is 18.2 Å². The summed E-state index contributed by atoms with van der Waals surface area (Å²) in [4.78, 5) is 11.8. The molecule has 0 radical (unpaired) electrons. The van der Waals surface area contributed by atoms with Crippen LogP contribution in [0.2, 0.25) is 0 Å². The molecule has 10 nitrogen and oxygen atoms in total. The zero-order valence-electron chi connectivity index (χ0n) is 16.4. The molecule has 166 valence electrons. The maximum atomic E-state index is 11.8. The topological polar surface area (TPSA) is 150 Å². The Morgan fingerprint density at radius 3 is 2.39 bits per heavy atom. The number of nitrogens with zero attached hydrogens (tertiary/aromatic N) is 1. The van der Waals surface area contributed by atoms with Crippen LogP contribution >= 0.6 is 0 Å². The van der Waals surface area contributed by atoms with Crippen LogP contribution in [-0.4, -0.2) is 76.5 Å². The second kappa shape index (κ2) is 10.8. The molecular formula is C21H24N2O8. The van der Waals surface area contributed by atoms with Gasteiger partial charge in [-0.05, 0) is 42.0 Å². The minimum atomic E-state index is -1.52. The van der Waals surface area contributed by atoms with Gasteiger partial charge in [0.1, 0.15) is 35.9 Å². The second-order valence-electron chi connectivity index (χ2n) is 6.78. The summed E-state index contributed by atoms with van der Waals surface area (Å²) in [5, 5.41) is 42.7. The number of benzene rings is 2. The van der Waals surface area contributed by atoms with Crippen LogP contribution in [0.15, 0.2) is 59.7 Å². The third kappa shape index (κ3) is 6.23. The van der Waals surface area contributed by atoms with Crippen LogP contribution in [0.4, 0.5) is 0 Å². The molecule has 5 N–H and O–H groups in total. The van der Waals surface area contributed by atoms with Gasteiger partial charge >= 0.3 is 0 Å². The maximum Gasteiger partial charge on any atom is 0.277 e. The van der Waals surface area contributed by atoms with E-state index in [1.54, 1.807) is 48.5 Å². The number of carbonyl (C=O) groups excluding carboxylic acids is 1. The third-order valence-electron chi connectivity index (χ3n) is 4.50. The van der Waals surface area contributed by atoms with Gasteiger partial charge in [0.15, 0.2) is 6.61 Å². The van der Waals surface area contributed by atoms with E-state index >= 15 is 0 Å². The number of aliphatic hydroxyl groups is 4. The molecule has 10 heteroatoms. The summed E-state index contributed by atoms with van der Waals surface area (Å²) in [6.07, 6.45) is -5.35. The van der Waals surface area contributed by atoms with Crippen LogP contribution in [-0.2, 0) is 9.53 Å². The van der Waals surface area contributed by atoms with Gasteiger partial charge in [0, 0.05) is 0 Å². The number of nitrogens with one attached hydrogen (secondary N) is 1. The van der Waals surface area contributed by atoms with Gasteiger partial charge in [-0.15, -0.1) is 0 Å². The summed E-state index contributed by atoms with van der Waals surface area (Å²) < 4.78 is 16.1. The Hall–Kier alpha value is -3.02. The van der Waals surface area contributed by atoms with E-state index in [9.17, 15) is 25.2 Å². The van der Waals surface area contributed by atoms with Crippen molar-refractivity contribution in [3.05, 3.63) is 60.2 Å². The first-order chi connectivity index (χ1) is 15.0. The quantitative estimate of drug-likeness (QED) is 0.274.